The van der Waals surface area contributed by atoms with Gasteiger partial charge in [0.25, 0.3) is 0 Å². The summed E-state index contributed by atoms with van der Waals surface area (Å²) in [7, 11) is 0. The standard InChI is InChI=1S/C13H20N2O3S/c1-2-7-15(10-13(17)18)9-12(16)14-6-5-11-4-3-8-19-11/h3-4,8H,2,5-7,9-10H2,1H3,(H,14,16)(H,17,18). The van der Waals surface area contributed by atoms with Crippen LogP contribution in [0.15, 0.2) is 17.5 Å². The van der Waals surface area contributed by atoms with Crippen LogP contribution in [-0.2, 0) is 16.0 Å². The zero-order valence-corrected chi connectivity index (χ0v) is 11.9. The number of rotatable bonds is 9. The molecule has 0 saturated carbocycles. The fourth-order valence-corrected chi connectivity index (χ4v) is 2.47. The van der Waals surface area contributed by atoms with Gasteiger partial charge in [-0.1, -0.05) is 13.0 Å². The molecule has 5 nitrogen and oxygen atoms in total. The SMILES string of the molecule is CCCN(CC(=O)O)CC(=O)NCCc1cccs1. The maximum Gasteiger partial charge on any atom is 0.317 e. The lowest BCUT2D eigenvalue weighted by atomic mass is 10.3. The molecule has 0 aliphatic carbocycles. The number of aliphatic carboxylic acids is 1. The van der Waals surface area contributed by atoms with Crippen LogP contribution in [0.3, 0.4) is 0 Å². The van der Waals surface area contributed by atoms with Crippen LogP contribution in [0, 0.1) is 0 Å². The number of nitrogens with zero attached hydrogens (tertiary/aromatic N) is 1. The second kappa shape index (κ2) is 8.66. The normalized spacial score (nSPS) is 10.6. The number of hydrogen-bond donors (Lipinski definition) is 2. The molecule has 1 rings (SSSR count). The van der Waals surface area contributed by atoms with Crippen molar-refractivity contribution >= 4 is 23.2 Å². The van der Waals surface area contributed by atoms with Gasteiger partial charge < -0.3 is 10.4 Å². The van der Waals surface area contributed by atoms with Gasteiger partial charge in [-0.15, -0.1) is 11.3 Å². The van der Waals surface area contributed by atoms with Crippen molar-refractivity contribution in [2.45, 2.75) is 19.8 Å². The molecule has 19 heavy (non-hydrogen) atoms. The van der Waals surface area contributed by atoms with E-state index in [1.54, 1.807) is 16.2 Å². The van der Waals surface area contributed by atoms with Gasteiger partial charge in [-0.3, -0.25) is 14.5 Å². The lowest BCUT2D eigenvalue weighted by Crippen LogP contribution is -2.40. The number of amides is 1. The third kappa shape index (κ3) is 6.93. The van der Waals surface area contributed by atoms with Crippen molar-refractivity contribution in [3.05, 3.63) is 22.4 Å². The van der Waals surface area contributed by atoms with Crippen molar-refractivity contribution < 1.29 is 14.7 Å². The highest BCUT2D eigenvalue weighted by Crippen LogP contribution is 2.07. The van der Waals surface area contributed by atoms with Gasteiger partial charge in [-0.2, -0.15) is 0 Å². The van der Waals surface area contributed by atoms with Crippen LogP contribution in [0.1, 0.15) is 18.2 Å². The van der Waals surface area contributed by atoms with E-state index in [1.807, 2.05) is 24.4 Å². The molecule has 2 N–H and O–H groups in total. The van der Waals surface area contributed by atoms with E-state index in [1.165, 1.54) is 4.88 Å². The second-order valence-corrected chi connectivity index (χ2v) is 5.32. The summed E-state index contributed by atoms with van der Waals surface area (Å²) in [6, 6.07) is 4.02. The Balaban J connectivity index is 2.25. The van der Waals surface area contributed by atoms with Crippen LogP contribution in [0.25, 0.3) is 0 Å². The molecule has 106 valence electrons. The molecule has 0 atom stereocenters. The summed E-state index contributed by atoms with van der Waals surface area (Å²) in [6.07, 6.45) is 1.64. The smallest absolute Gasteiger partial charge is 0.317 e. The maximum atomic E-state index is 11.7. The van der Waals surface area contributed by atoms with E-state index < -0.39 is 5.97 Å². The fraction of sp³-hybridized carbons (Fsp3) is 0.538. The molecule has 1 aromatic heterocycles. The number of carboxylic acid groups (broad SMARTS) is 1. The average molecular weight is 284 g/mol. The third-order valence-electron chi connectivity index (χ3n) is 2.54. The van der Waals surface area contributed by atoms with E-state index in [2.05, 4.69) is 5.32 Å². The average Bonchev–Trinajstić information content (AvgIpc) is 2.81. The molecule has 0 aliphatic heterocycles. The van der Waals surface area contributed by atoms with E-state index >= 15 is 0 Å². The van der Waals surface area contributed by atoms with Crippen molar-refractivity contribution in [1.82, 2.24) is 10.2 Å². The van der Waals surface area contributed by atoms with Gasteiger partial charge in [-0.05, 0) is 30.8 Å². The minimum absolute atomic E-state index is 0.0911. The molecule has 0 aliphatic rings. The van der Waals surface area contributed by atoms with Gasteiger partial charge in [-0.25, -0.2) is 0 Å². The summed E-state index contributed by atoms with van der Waals surface area (Å²) in [6.45, 7) is 3.22. The van der Waals surface area contributed by atoms with E-state index in [0.717, 1.165) is 12.8 Å². The Morgan fingerprint density at radius 3 is 2.79 bits per heavy atom. The summed E-state index contributed by atoms with van der Waals surface area (Å²) in [5, 5.41) is 13.6. The Labute approximate surface area is 117 Å². The molecule has 0 aromatic carbocycles. The van der Waals surface area contributed by atoms with Gasteiger partial charge in [0.2, 0.25) is 5.91 Å². The van der Waals surface area contributed by atoms with Crippen molar-refractivity contribution in [1.29, 1.82) is 0 Å². The first kappa shape index (κ1) is 15.7. The molecule has 1 heterocycles. The lowest BCUT2D eigenvalue weighted by molar-refractivity contribution is -0.138. The summed E-state index contributed by atoms with van der Waals surface area (Å²) in [4.78, 5) is 25.2. The molecule has 0 unspecified atom stereocenters. The van der Waals surface area contributed by atoms with Gasteiger partial charge in [0.05, 0.1) is 13.1 Å². The van der Waals surface area contributed by atoms with E-state index in [-0.39, 0.29) is 19.0 Å². The Hall–Kier alpha value is -1.40. The number of hydrogen-bond acceptors (Lipinski definition) is 4. The molecule has 6 heteroatoms. The highest BCUT2D eigenvalue weighted by molar-refractivity contribution is 7.09. The quantitative estimate of drug-likeness (QED) is 0.715. The van der Waals surface area contributed by atoms with Gasteiger partial charge in [0.1, 0.15) is 0 Å². The first-order valence-corrected chi connectivity index (χ1v) is 7.23. The minimum atomic E-state index is -0.903. The van der Waals surface area contributed by atoms with Crippen LogP contribution >= 0.6 is 11.3 Å². The van der Waals surface area contributed by atoms with Gasteiger partial charge >= 0.3 is 5.97 Å². The Kier molecular flexibility index (Phi) is 7.14. The molecule has 0 fully saturated rings. The molecule has 0 saturated heterocycles. The predicted octanol–water partition coefficient (Wildman–Crippen LogP) is 1.20. The molecule has 0 radical (unpaired) electrons. The minimum Gasteiger partial charge on any atom is -0.480 e. The van der Waals surface area contributed by atoms with Crippen molar-refractivity contribution in [3.63, 3.8) is 0 Å². The number of carbonyl (C=O) groups excluding carboxylic acids is 1. The van der Waals surface area contributed by atoms with Crippen molar-refractivity contribution in [2.75, 3.05) is 26.2 Å². The van der Waals surface area contributed by atoms with Gasteiger partial charge in [0, 0.05) is 11.4 Å². The first-order valence-electron chi connectivity index (χ1n) is 6.35. The van der Waals surface area contributed by atoms with E-state index in [4.69, 9.17) is 5.11 Å². The molecule has 1 aromatic rings. The highest BCUT2D eigenvalue weighted by atomic mass is 32.1. The molecule has 0 bridgehead atoms. The summed E-state index contributed by atoms with van der Waals surface area (Å²) in [5.41, 5.74) is 0. The highest BCUT2D eigenvalue weighted by Gasteiger charge is 2.12. The number of thiophene rings is 1. The largest absolute Gasteiger partial charge is 0.480 e. The predicted molar refractivity (Wildman–Crippen MR) is 75.4 cm³/mol. The first-order chi connectivity index (χ1) is 9.11. The van der Waals surface area contributed by atoms with E-state index in [0.29, 0.717) is 13.1 Å². The van der Waals surface area contributed by atoms with Crippen molar-refractivity contribution in [3.8, 4) is 0 Å². The summed E-state index contributed by atoms with van der Waals surface area (Å²) < 4.78 is 0. The van der Waals surface area contributed by atoms with E-state index in [9.17, 15) is 9.59 Å². The van der Waals surface area contributed by atoms with Crippen molar-refractivity contribution in [2.24, 2.45) is 0 Å². The second-order valence-electron chi connectivity index (χ2n) is 4.28. The van der Waals surface area contributed by atoms with Crippen LogP contribution in [-0.4, -0.2) is 48.1 Å². The maximum absolute atomic E-state index is 11.7. The fourth-order valence-electron chi connectivity index (χ4n) is 1.76. The monoisotopic (exact) mass is 284 g/mol. The zero-order chi connectivity index (χ0) is 14.1. The van der Waals surface area contributed by atoms with Crippen LogP contribution in [0.5, 0.6) is 0 Å². The molecular formula is C13H20N2O3S. The van der Waals surface area contributed by atoms with Crippen LogP contribution in [0.2, 0.25) is 0 Å². The Morgan fingerprint density at radius 2 is 2.21 bits per heavy atom. The number of nitrogens with one attached hydrogen (secondary N) is 1. The Bertz CT molecular complexity index is 393. The van der Waals surface area contributed by atoms with Crippen LogP contribution < -0.4 is 5.32 Å². The Morgan fingerprint density at radius 1 is 1.42 bits per heavy atom. The lowest BCUT2D eigenvalue weighted by Gasteiger charge is -2.18. The molecule has 1 amide bonds. The number of carboxylic acids is 1. The number of carbonyl (C=O) groups is 2. The third-order valence-corrected chi connectivity index (χ3v) is 3.48. The van der Waals surface area contributed by atoms with Gasteiger partial charge in [0.15, 0.2) is 0 Å². The summed E-state index contributed by atoms with van der Waals surface area (Å²) in [5.74, 6) is -1.02. The zero-order valence-electron chi connectivity index (χ0n) is 11.1. The molecule has 0 spiro atoms. The molecular weight excluding hydrogens is 264 g/mol. The topological polar surface area (TPSA) is 69.6 Å². The summed E-state index contributed by atoms with van der Waals surface area (Å²) >= 11 is 1.67. The van der Waals surface area contributed by atoms with Crippen LogP contribution in [0.4, 0.5) is 0 Å².